The molecule has 3 heteroatoms. The molecule has 0 aromatic heterocycles. The lowest BCUT2D eigenvalue weighted by Gasteiger charge is -2.41. The molecule has 2 unspecified atom stereocenters. The number of nitrogens with zero attached hydrogens (tertiary/aromatic N) is 1. The van der Waals surface area contributed by atoms with Crippen molar-refractivity contribution in [3.63, 3.8) is 0 Å². The highest BCUT2D eigenvalue weighted by molar-refractivity contribution is 6.16. The Kier molecular flexibility index (Phi) is 7.60. The highest BCUT2D eigenvalue weighted by Crippen LogP contribution is 2.63. The van der Waals surface area contributed by atoms with E-state index in [4.69, 9.17) is 9.73 Å². The van der Waals surface area contributed by atoms with Gasteiger partial charge in [-0.25, -0.2) is 0 Å². The number of allylic oxidation sites excluding steroid dienone is 5. The molecule has 0 amide bonds. The Morgan fingerprint density at radius 2 is 1.16 bits per heavy atom. The van der Waals surface area contributed by atoms with Gasteiger partial charge in [0.2, 0.25) is 0 Å². The summed E-state index contributed by atoms with van der Waals surface area (Å²) in [6.07, 6.45) is 8.77. The maximum absolute atomic E-state index is 7.12. The van der Waals surface area contributed by atoms with Crippen molar-refractivity contribution in [2.45, 2.75) is 24.4 Å². The maximum Gasteiger partial charge on any atom is 0.145 e. The molecule has 2 aliphatic carbocycles. The number of rotatable bonds is 5. The zero-order valence-electron chi connectivity index (χ0n) is 30.8. The molecule has 2 aliphatic heterocycles. The van der Waals surface area contributed by atoms with Gasteiger partial charge in [-0.1, -0.05) is 182 Å². The van der Waals surface area contributed by atoms with E-state index in [1.165, 1.54) is 33.4 Å². The number of nitrogens with one attached hydrogen (secondary N) is 1. The first-order valence-electron chi connectivity index (χ1n) is 19.6. The van der Waals surface area contributed by atoms with Crippen LogP contribution in [0.25, 0.3) is 33.5 Å². The average molecular weight is 719 g/mol. The van der Waals surface area contributed by atoms with Crippen LogP contribution in [0.5, 0.6) is 11.5 Å². The van der Waals surface area contributed by atoms with E-state index in [-0.39, 0.29) is 6.17 Å². The number of benzene rings is 7. The fourth-order valence-corrected chi connectivity index (χ4v) is 9.53. The molecule has 7 aromatic rings. The molecule has 0 saturated carbocycles. The highest BCUT2D eigenvalue weighted by Gasteiger charge is 2.52. The van der Waals surface area contributed by atoms with Gasteiger partial charge in [0.1, 0.15) is 17.7 Å². The van der Waals surface area contributed by atoms with Crippen molar-refractivity contribution in [2.24, 2.45) is 4.99 Å². The molecule has 0 saturated heterocycles. The van der Waals surface area contributed by atoms with Gasteiger partial charge in [0.15, 0.2) is 0 Å². The number of para-hydroxylation sites is 2. The van der Waals surface area contributed by atoms with Gasteiger partial charge in [-0.2, -0.15) is 0 Å². The quantitative estimate of drug-likeness (QED) is 0.192. The highest BCUT2D eigenvalue weighted by atomic mass is 16.5. The summed E-state index contributed by atoms with van der Waals surface area (Å²) >= 11 is 0. The molecule has 266 valence electrons. The summed E-state index contributed by atoms with van der Waals surface area (Å²) < 4.78 is 7.12. The summed E-state index contributed by atoms with van der Waals surface area (Å²) in [6, 6.07) is 62.9. The second-order valence-corrected chi connectivity index (χ2v) is 14.9. The van der Waals surface area contributed by atoms with Crippen LogP contribution >= 0.6 is 0 Å². The minimum absolute atomic E-state index is 0.280. The summed E-state index contributed by atoms with van der Waals surface area (Å²) in [5.41, 5.74) is 17.1. The Morgan fingerprint density at radius 1 is 0.536 bits per heavy atom. The van der Waals surface area contributed by atoms with Crippen molar-refractivity contribution >= 4 is 17.0 Å². The van der Waals surface area contributed by atoms with Gasteiger partial charge in [-0.05, 0) is 69.5 Å². The van der Waals surface area contributed by atoms with Crippen LogP contribution in [0.3, 0.4) is 0 Å². The van der Waals surface area contributed by atoms with Gasteiger partial charge < -0.3 is 10.1 Å². The van der Waals surface area contributed by atoms with E-state index in [0.717, 1.165) is 74.7 Å². The van der Waals surface area contributed by atoms with Crippen molar-refractivity contribution in [3.8, 4) is 33.8 Å². The first-order chi connectivity index (χ1) is 27.8. The van der Waals surface area contributed by atoms with E-state index >= 15 is 0 Å². The van der Waals surface area contributed by atoms with Crippen LogP contribution in [0.2, 0.25) is 0 Å². The Labute approximate surface area is 327 Å². The molecule has 56 heavy (non-hydrogen) atoms. The Morgan fingerprint density at radius 3 is 1.98 bits per heavy atom. The molecule has 2 heterocycles. The van der Waals surface area contributed by atoms with Crippen LogP contribution in [0.15, 0.2) is 205 Å². The Balaban J connectivity index is 1.12. The van der Waals surface area contributed by atoms with E-state index < -0.39 is 5.41 Å². The van der Waals surface area contributed by atoms with E-state index in [1.54, 1.807) is 0 Å². The normalized spacial score (nSPS) is 18.8. The maximum atomic E-state index is 7.12. The van der Waals surface area contributed by atoms with Crippen molar-refractivity contribution in [2.75, 3.05) is 0 Å². The van der Waals surface area contributed by atoms with Crippen molar-refractivity contribution < 1.29 is 4.74 Å². The van der Waals surface area contributed by atoms with Crippen LogP contribution in [0.4, 0.5) is 0 Å². The molecule has 1 N–H and O–H groups in total. The third-order valence-corrected chi connectivity index (χ3v) is 11.9. The fraction of sp³-hybridized carbons (Fsp3) is 0.0755. The fourth-order valence-electron chi connectivity index (χ4n) is 9.53. The molecule has 3 nitrogen and oxygen atoms in total. The molecule has 0 fully saturated rings. The molecule has 4 aliphatic rings. The van der Waals surface area contributed by atoms with E-state index in [1.807, 2.05) is 0 Å². The molecule has 1 spiro atoms. The van der Waals surface area contributed by atoms with Crippen LogP contribution in [0.1, 0.15) is 58.0 Å². The predicted octanol–water partition coefficient (Wildman–Crippen LogP) is 12.7. The zero-order chi connectivity index (χ0) is 37.1. The largest absolute Gasteiger partial charge is 0.456 e. The number of aliphatic imine (C=N–C) groups is 1. The lowest BCUT2D eigenvalue weighted by molar-refractivity contribution is 0.437. The topological polar surface area (TPSA) is 33.6 Å². The summed E-state index contributed by atoms with van der Waals surface area (Å²) in [4.78, 5) is 5.38. The van der Waals surface area contributed by atoms with Gasteiger partial charge in [-0.15, -0.1) is 0 Å². The average Bonchev–Trinajstić information content (AvgIpc) is 3.57. The number of fused-ring (bicyclic) bond motifs is 8. The van der Waals surface area contributed by atoms with Crippen molar-refractivity contribution in [1.82, 2.24) is 5.32 Å². The zero-order valence-corrected chi connectivity index (χ0v) is 30.8. The van der Waals surface area contributed by atoms with Gasteiger partial charge in [-0.3, -0.25) is 4.99 Å². The van der Waals surface area contributed by atoms with Crippen molar-refractivity contribution in [1.29, 1.82) is 0 Å². The SMILES string of the molecule is C1=CC2=C(CC1)c1ccccc1C21c2ccccc2Oc2c(-c3ccccc3C3=CC(c4ccccc4-c4ccccc4)=NC(c4ccccc4)N3)cccc21. The van der Waals surface area contributed by atoms with Gasteiger partial charge in [0.05, 0.1) is 11.1 Å². The van der Waals surface area contributed by atoms with Crippen molar-refractivity contribution in [3.05, 3.63) is 239 Å². The third-order valence-electron chi connectivity index (χ3n) is 11.9. The monoisotopic (exact) mass is 718 g/mol. The van der Waals surface area contributed by atoms with E-state index in [9.17, 15) is 0 Å². The molecule has 11 rings (SSSR count). The van der Waals surface area contributed by atoms with Crippen LogP contribution in [0, 0.1) is 0 Å². The number of hydrogen-bond donors (Lipinski definition) is 1. The van der Waals surface area contributed by atoms with Gasteiger partial charge in [0, 0.05) is 33.5 Å². The molecule has 2 atom stereocenters. The minimum atomic E-state index is -0.486. The standard InChI is InChI=1S/C53H38N2O/c1-3-18-35(19-4-1)37-22-7-9-26-41(37)48-34-49(55-52(54-48)36-20-5-2-6-21-36)42-27-10-8-23-38(42)43-28-17-32-47-51(43)56-50-33-16-15-31-46(50)53(47)44-29-13-11-24-39(44)40-25-12-14-30-45(40)53/h1-11,13-24,26-34,52,55H,12,25H2. The molecule has 0 radical (unpaired) electrons. The van der Waals surface area contributed by atoms with E-state index in [0.29, 0.717) is 0 Å². The van der Waals surface area contributed by atoms with Gasteiger partial charge in [0.25, 0.3) is 0 Å². The number of ether oxygens (including phenoxy) is 1. The Bertz CT molecular complexity index is 2810. The summed E-state index contributed by atoms with van der Waals surface area (Å²) in [6.45, 7) is 0. The molecular weight excluding hydrogens is 681 g/mol. The third kappa shape index (κ3) is 4.94. The minimum Gasteiger partial charge on any atom is -0.456 e. The first-order valence-corrected chi connectivity index (χ1v) is 19.6. The Hall–Kier alpha value is -6.97. The molecule has 7 aromatic carbocycles. The van der Waals surface area contributed by atoms with E-state index in [2.05, 4.69) is 199 Å². The lowest BCUT2D eigenvalue weighted by atomic mass is 9.64. The first kappa shape index (κ1) is 32.5. The van der Waals surface area contributed by atoms with Gasteiger partial charge >= 0.3 is 0 Å². The van der Waals surface area contributed by atoms with Crippen LogP contribution < -0.4 is 10.1 Å². The summed E-state index contributed by atoms with van der Waals surface area (Å²) in [7, 11) is 0. The molecule has 0 bridgehead atoms. The van der Waals surface area contributed by atoms with Crippen LogP contribution in [-0.2, 0) is 5.41 Å². The lowest BCUT2D eigenvalue weighted by Crippen LogP contribution is -2.33. The predicted molar refractivity (Wildman–Crippen MR) is 229 cm³/mol. The summed E-state index contributed by atoms with van der Waals surface area (Å²) in [5, 5.41) is 3.87. The second kappa shape index (κ2) is 13.1. The smallest absolute Gasteiger partial charge is 0.145 e. The number of hydrogen-bond acceptors (Lipinski definition) is 3. The van der Waals surface area contributed by atoms with Crippen LogP contribution in [-0.4, -0.2) is 5.71 Å². The summed E-state index contributed by atoms with van der Waals surface area (Å²) in [5.74, 6) is 1.80. The second-order valence-electron chi connectivity index (χ2n) is 14.9. The molecular formula is C53H38N2O.